The minimum Gasteiger partial charge on any atom is -0.497 e. The second-order valence-electron chi connectivity index (χ2n) is 8.76. The Balaban J connectivity index is 2.05. The third-order valence-corrected chi connectivity index (χ3v) is 6.87. The molecule has 2 aromatic carbocycles. The van der Waals surface area contributed by atoms with Crippen LogP contribution in [-0.4, -0.2) is 63.8 Å². The highest BCUT2D eigenvalue weighted by Gasteiger charge is 2.39. The summed E-state index contributed by atoms with van der Waals surface area (Å²) < 4.78 is 11.2. The fraction of sp³-hybridized carbons (Fsp3) is 0.538. The maximum atomic E-state index is 5.59. The van der Waals surface area contributed by atoms with Crippen molar-refractivity contribution in [1.29, 1.82) is 0 Å². The average Bonchev–Trinajstić information content (AvgIpc) is 2.79. The van der Waals surface area contributed by atoms with Crippen LogP contribution < -0.4 is 9.47 Å². The van der Waals surface area contributed by atoms with Crippen LogP contribution in [0, 0.1) is 5.92 Å². The van der Waals surface area contributed by atoms with Crippen molar-refractivity contribution >= 4 is 0 Å². The zero-order chi connectivity index (χ0) is 21.6. The van der Waals surface area contributed by atoms with Gasteiger partial charge in [0.25, 0.3) is 0 Å². The molecule has 4 heteroatoms. The Morgan fingerprint density at radius 3 is 1.90 bits per heavy atom. The standard InChI is InChI=1S/C26H38N2O2/c1-6-9-23(20-28-16-14-27(3)15-17-28)26(2,21-10-7-12-24(18-21)29-4)22-11-8-13-25(19-22)30-5/h7-8,10-13,18-19,23H,6,9,14-17,20H2,1-5H3. The summed E-state index contributed by atoms with van der Waals surface area (Å²) in [6, 6.07) is 17.2. The molecule has 3 rings (SSSR count). The van der Waals surface area contributed by atoms with E-state index in [0.717, 1.165) is 44.2 Å². The normalized spacial score (nSPS) is 17.0. The highest BCUT2D eigenvalue weighted by Crippen LogP contribution is 2.43. The van der Waals surface area contributed by atoms with E-state index < -0.39 is 0 Å². The quantitative estimate of drug-likeness (QED) is 0.600. The van der Waals surface area contributed by atoms with Crippen molar-refractivity contribution in [2.75, 3.05) is 54.0 Å². The molecule has 0 radical (unpaired) electrons. The monoisotopic (exact) mass is 410 g/mol. The van der Waals surface area contributed by atoms with E-state index in [1.54, 1.807) is 14.2 Å². The molecular weight excluding hydrogens is 372 g/mol. The molecule has 1 fully saturated rings. The van der Waals surface area contributed by atoms with Crippen LogP contribution in [0.15, 0.2) is 48.5 Å². The van der Waals surface area contributed by atoms with Crippen LogP contribution in [-0.2, 0) is 5.41 Å². The van der Waals surface area contributed by atoms with Gasteiger partial charge in [0.1, 0.15) is 11.5 Å². The van der Waals surface area contributed by atoms with Gasteiger partial charge in [0.05, 0.1) is 14.2 Å². The predicted molar refractivity (Wildman–Crippen MR) is 125 cm³/mol. The zero-order valence-electron chi connectivity index (χ0n) is 19.4. The van der Waals surface area contributed by atoms with Crippen molar-refractivity contribution in [3.63, 3.8) is 0 Å². The number of likely N-dealkylation sites (N-methyl/N-ethyl adjacent to an activating group) is 1. The van der Waals surface area contributed by atoms with Crippen molar-refractivity contribution in [3.05, 3.63) is 59.7 Å². The molecule has 0 aromatic heterocycles. The first kappa shape index (κ1) is 22.6. The number of ether oxygens (including phenoxy) is 2. The number of rotatable bonds is 9. The van der Waals surface area contributed by atoms with Crippen molar-refractivity contribution < 1.29 is 9.47 Å². The topological polar surface area (TPSA) is 24.9 Å². The first-order valence-electron chi connectivity index (χ1n) is 11.2. The van der Waals surface area contributed by atoms with Gasteiger partial charge in [-0.3, -0.25) is 0 Å². The Kier molecular flexibility index (Phi) is 7.79. The van der Waals surface area contributed by atoms with Crippen LogP contribution in [0.25, 0.3) is 0 Å². The molecule has 1 unspecified atom stereocenters. The summed E-state index contributed by atoms with van der Waals surface area (Å²) in [5.74, 6) is 2.32. The zero-order valence-corrected chi connectivity index (χ0v) is 19.4. The molecule has 164 valence electrons. The molecule has 1 heterocycles. The minimum absolute atomic E-state index is 0.136. The summed E-state index contributed by atoms with van der Waals surface area (Å²) >= 11 is 0. The van der Waals surface area contributed by atoms with E-state index >= 15 is 0 Å². The number of nitrogens with zero attached hydrogens (tertiary/aromatic N) is 2. The van der Waals surface area contributed by atoms with Crippen LogP contribution >= 0.6 is 0 Å². The summed E-state index contributed by atoms with van der Waals surface area (Å²) in [5.41, 5.74) is 2.48. The van der Waals surface area contributed by atoms with E-state index in [-0.39, 0.29) is 5.41 Å². The van der Waals surface area contributed by atoms with Crippen molar-refractivity contribution in [2.45, 2.75) is 32.1 Å². The Labute approximate surface area is 182 Å². The maximum absolute atomic E-state index is 5.59. The molecular formula is C26H38N2O2. The van der Waals surface area contributed by atoms with E-state index in [1.807, 2.05) is 12.1 Å². The highest BCUT2D eigenvalue weighted by molar-refractivity contribution is 5.45. The molecule has 1 saturated heterocycles. The molecule has 0 aliphatic carbocycles. The molecule has 30 heavy (non-hydrogen) atoms. The Morgan fingerprint density at radius 2 is 1.43 bits per heavy atom. The average molecular weight is 411 g/mol. The molecule has 0 amide bonds. The second kappa shape index (κ2) is 10.3. The molecule has 2 aromatic rings. The fourth-order valence-electron chi connectivity index (χ4n) is 4.78. The van der Waals surface area contributed by atoms with Crippen molar-refractivity contribution in [2.24, 2.45) is 5.92 Å². The van der Waals surface area contributed by atoms with Gasteiger partial charge in [0.15, 0.2) is 0 Å². The van der Waals surface area contributed by atoms with Crippen molar-refractivity contribution in [1.82, 2.24) is 9.80 Å². The van der Waals surface area contributed by atoms with E-state index in [4.69, 9.17) is 9.47 Å². The smallest absolute Gasteiger partial charge is 0.119 e. The molecule has 1 atom stereocenters. The van der Waals surface area contributed by atoms with Crippen LogP contribution in [0.5, 0.6) is 11.5 Å². The number of methoxy groups -OCH3 is 2. The summed E-state index contributed by atoms with van der Waals surface area (Å²) in [6.07, 6.45) is 2.35. The van der Waals surface area contributed by atoms with Gasteiger partial charge >= 0.3 is 0 Å². The molecule has 1 aliphatic heterocycles. The number of hydrogen-bond acceptors (Lipinski definition) is 4. The van der Waals surface area contributed by atoms with Crippen molar-refractivity contribution in [3.8, 4) is 11.5 Å². The van der Waals surface area contributed by atoms with Gasteiger partial charge in [0.2, 0.25) is 0 Å². The van der Waals surface area contributed by atoms with Crippen LogP contribution in [0.1, 0.15) is 37.8 Å². The second-order valence-corrected chi connectivity index (χ2v) is 8.76. The Morgan fingerprint density at radius 1 is 0.900 bits per heavy atom. The fourth-order valence-corrected chi connectivity index (χ4v) is 4.78. The summed E-state index contributed by atoms with van der Waals surface area (Å²) in [6.45, 7) is 10.4. The lowest BCUT2D eigenvalue weighted by atomic mass is 9.65. The Bertz CT molecular complexity index is 752. The van der Waals surface area contributed by atoms with Crippen LogP contribution in [0.2, 0.25) is 0 Å². The largest absolute Gasteiger partial charge is 0.497 e. The highest BCUT2D eigenvalue weighted by atomic mass is 16.5. The summed E-state index contributed by atoms with van der Waals surface area (Å²) in [7, 11) is 5.71. The number of benzene rings is 2. The van der Waals surface area contributed by atoms with Gasteiger partial charge in [-0.15, -0.1) is 0 Å². The van der Waals surface area contributed by atoms with Gasteiger partial charge in [-0.05, 0) is 54.8 Å². The summed E-state index contributed by atoms with van der Waals surface area (Å²) in [5, 5.41) is 0. The molecule has 1 aliphatic rings. The van der Waals surface area contributed by atoms with Gasteiger partial charge < -0.3 is 19.3 Å². The van der Waals surface area contributed by atoms with E-state index in [9.17, 15) is 0 Å². The number of piperazine rings is 1. The van der Waals surface area contributed by atoms with Gasteiger partial charge in [-0.25, -0.2) is 0 Å². The molecule has 0 spiro atoms. The van der Waals surface area contributed by atoms with E-state index in [2.05, 4.69) is 67.1 Å². The maximum Gasteiger partial charge on any atom is 0.119 e. The summed E-state index contributed by atoms with van der Waals surface area (Å²) in [4.78, 5) is 5.08. The lowest BCUT2D eigenvalue weighted by Gasteiger charge is -2.43. The Hall–Kier alpha value is -2.04. The number of hydrogen-bond donors (Lipinski definition) is 0. The third-order valence-electron chi connectivity index (χ3n) is 6.87. The van der Waals surface area contributed by atoms with Gasteiger partial charge in [-0.2, -0.15) is 0 Å². The molecule has 4 nitrogen and oxygen atoms in total. The lowest BCUT2D eigenvalue weighted by Crippen LogP contribution is -2.49. The lowest BCUT2D eigenvalue weighted by molar-refractivity contribution is 0.116. The first-order valence-corrected chi connectivity index (χ1v) is 11.2. The van der Waals surface area contributed by atoms with Gasteiger partial charge in [-0.1, -0.05) is 44.5 Å². The predicted octanol–water partition coefficient (Wildman–Crippen LogP) is 4.67. The van der Waals surface area contributed by atoms with E-state index in [0.29, 0.717) is 5.92 Å². The minimum atomic E-state index is -0.136. The van der Waals surface area contributed by atoms with Gasteiger partial charge in [0, 0.05) is 38.1 Å². The SMILES string of the molecule is CCCC(CN1CCN(C)CC1)C(C)(c1cccc(OC)c1)c1cccc(OC)c1. The van der Waals surface area contributed by atoms with E-state index in [1.165, 1.54) is 24.0 Å². The molecule has 0 bridgehead atoms. The van der Waals surface area contributed by atoms with Crippen LogP contribution in [0.4, 0.5) is 0 Å². The van der Waals surface area contributed by atoms with Crippen LogP contribution in [0.3, 0.4) is 0 Å². The first-order chi connectivity index (χ1) is 14.5. The third kappa shape index (κ3) is 4.98. The molecule has 0 saturated carbocycles. The molecule has 0 N–H and O–H groups in total.